The normalized spacial score (nSPS) is 12.2. The number of nitrogen functional groups attached to an aromatic ring is 1. The molecule has 1 aromatic heterocycles. The summed E-state index contributed by atoms with van der Waals surface area (Å²) in [6.45, 7) is 1.69. The summed E-state index contributed by atoms with van der Waals surface area (Å²) >= 11 is 0. The molecule has 23 heavy (non-hydrogen) atoms. The third-order valence-electron chi connectivity index (χ3n) is 4.10. The van der Waals surface area contributed by atoms with Crippen molar-refractivity contribution in [3.05, 3.63) is 71.5 Å². The van der Waals surface area contributed by atoms with Gasteiger partial charge in [0.05, 0.1) is 11.6 Å². The van der Waals surface area contributed by atoms with Gasteiger partial charge in [0.1, 0.15) is 0 Å². The van der Waals surface area contributed by atoms with Gasteiger partial charge in [-0.1, -0.05) is 36.4 Å². The minimum Gasteiger partial charge on any atom is -0.481 e. The van der Waals surface area contributed by atoms with Crippen molar-refractivity contribution < 1.29 is 9.90 Å². The maximum atomic E-state index is 11.3. The number of hydrogen-bond donors (Lipinski definition) is 2. The molecule has 0 aliphatic carbocycles. The predicted octanol–water partition coefficient (Wildman–Crippen LogP) is 3.60. The van der Waals surface area contributed by atoms with Gasteiger partial charge in [-0.2, -0.15) is 0 Å². The lowest BCUT2D eigenvalue weighted by Gasteiger charge is -2.13. The van der Waals surface area contributed by atoms with Crippen LogP contribution in [0.2, 0.25) is 0 Å². The average Bonchev–Trinajstić information content (AvgIpc) is 2.56. The number of anilines is 1. The number of hydrogen-bond acceptors (Lipinski definition) is 3. The quantitative estimate of drug-likeness (QED) is 0.722. The number of carboxylic acid groups (broad SMARTS) is 1. The van der Waals surface area contributed by atoms with Crippen LogP contribution in [-0.4, -0.2) is 16.1 Å². The van der Waals surface area contributed by atoms with Crippen LogP contribution in [0, 0.1) is 0 Å². The van der Waals surface area contributed by atoms with Gasteiger partial charge in [0.2, 0.25) is 0 Å². The van der Waals surface area contributed by atoms with Gasteiger partial charge in [-0.15, -0.1) is 0 Å². The fourth-order valence-corrected chi connectivity index (χ4v) is 2.72. The summed E-state index contributed by atoms with van der Waals surface area (Å²) in [6.07, 6.45) is 2.37. The number of carboxylic acids is 1. The lowest BCUT2D eigenvalue weighted by atomic mass is 9.94. The highest BCUT2D eigenvalue weighted by Crippen LogP contribution is 2.28. The van der Waals surface area contributed by atoms with Crippen LogP contribution in [-0.2, 0) is 11.2 Å². The largest absolute Gasteiger partial charge is 0.481 e. The second-order valence-electron chi connectivity index (χ2n) is 5.68. The van der Waals surface area contributed by atoms with Crippen LogP contribution in [0.25, 0.3) is 10.8 Å². The van der Waals surface area contributed by atoms with Crippen LogP contribution < -0.4 is 5.73 Å². The van der Waals surface area contributed by atoms with E-state index in [1.165, 1.54) is 0 Å². The van der Waals surface area contributed by atoms with Crippen molar-refractivity contribution in [2.75, 3.05) is 5.73 Å². The molecule has 0 spiro atoms. The first-order valence-corrected chi connectivity index (χ1v) is 7.50. The van der Waals surface area contributed by atoms with Crippen LogP contribution in [0.4, 0.5) is 5.69 Å². The monoisotopic (exact) mass is 306 g/mol. The first-order valence-electron chi connectivity index (χ1n) is 7.50. The molecule has 4 nitrogen and oxygen atoms in total. The van der Waals surface area contributed by atoms with Gasteiger partial charge < -0.3 is 10.8 Å². The fraction of sp³-hybridized carbons (Fsp3) is 0.158. The Kier molecular flexibility index (Phi) is 3.98. The molecule has 0 fully saturated rings. The Balaban J connectivity index is 2.07. The van der Waals surface area contributed by atoms with Crippen LogP contribution in [0.5, 0.6) is 0 Å². The topological polar surface area (TPSA) is 76.2 Å². The molecule has 3 aromatic rings. The second kappa shape index (κ2) is 6.08. The molecule has 1 heterocycles. The van der Waals surface area contributed by atoms with Crippen LogP contribution in [0.1, 0.15) is 29.7 Å². The zero-order valence-corrected chi connectivity index (χ0v) is 12.9. The molecule has 3 rings (SSSR count). The molecule has 2 aromatic carbocycles. The summed E-state index contributed by atoms with van der Waals surface area (Å²) in [5.74, 6) is -1.43. The van der Waals surface area contributed by atoms with Gasteiger partial charge >= 0.3 is 5.97 Å². The first-order chi connectivity index (χ1) is 11.1. The Morgan fingerprint density at radius 1 is 1.13 bits per heavy atom. The van der Waals surface area contributed by atoms with Crippen molar-refractivity contribution >= 4 is 22.4 Å². The van der Waals surface area contributed by atoms with E-state index in [9.17, 15) is 9.90 Å². The average molecular weight is 306 g/mol. The Labute approximate surface area is 134 Å². The maximum Gasteiger partial charge on any atom is 0.310 e. The number of carbonyl (C=O) groups is 1. The smallest absolute Gasteiger partial charge is 0.310 e. The van der Waals surface area contributed by atoms with Gasteiger partial charge in [-0.05, 0) is 35.6 Å². The molecule has 0 saturated carbocycles. The molecular formula is C19H18N2O2. The van der Waals surface area contributed by atoms with Gasteiger partial charge in [-0.3, -0.25) is 9.78 Å². The van der Waals surface area contributed by atoms with E-state index in [1.807, 2.05) is 48.5 Å². The van der Waals surface area contributed by atoms with Gasteiger partial charge in [-0.25, -0.2) is 0 Å². The van der Waals surface area contributed by atoms with Crippen molar-refractivity contribution in [2.24, 2.45) is 0 Å². The summed E-state index contributed by atoms with van der Waals surface area (Å²) in [4.78, 5) is 15.8. The van der Waals surface area contributed by atoms with Gasteiger partial charge in [0.15, 0.2) is 0 Å². The highest BCUT2D eigenvalue weighted by molar-refractivity contribution is 5.91. The lowest BCUT2D eigenvalue weighted by molar-refractivity contribution is -0.138. The third-order valence-corrected chi connectivity index (χ3v) is 4.10. The number of pyridine rings is 1. The van der Waals surface area contributed by atoms with E-state index < -0.39 is 11.9 Å². The number of aliphatic carboxylic acids is 1. The molecule has 0 amide bonds. The molecule has 116 valence electrons. The Morgan fingerprint density at radius 2 is 1.78 bits per heavy atom. The summed E-state index contributed by atoms with van der Waals surface area (Å²) in [5, 5.41) is 11.2. The van der Waals surface area contributed by atoms with Crippen LogP contribution in [0.3, 0.4) is 0 Å². The summed E-state index contributed by atoms with van der Waals surface area (Å²) in [5.41, 5.74) is 9.26. The zero-order valence-electron chi connectivity index (χ0n) is 12.9. The van der Waals surface area contributed by atoms with Crippen LogP contribution in [0.15, 0.2) is 54.7 Å². The van der Waals surface area contributed by atoms with E-state index in [1.54, 1.807) is 13.1 Å². The van der Waals surface area contributed by atoms with E-state index >= 15 is 0 Å². The zero-order chi connectivity index (χ0) is 16.4. The SMILES string of the molecule is CC(C(=O)O)c1cnc(Cc2ccc(N)cc2)c2ccccc12. The molecule has 0 bridgehead atoms. The molecule has 1 unspecified atom stereocenters. The Morgan fingerprint density at radius 3 is 2.43 bits per heavy atom. The van der Waals surface area contributed by atoms with Gasteiger partial charge in [0, 0.05) is 23.7 Å². The molecule has 3 N–H and O–H groups in total. The molecule has 0 aliphatic rings. The third kappa shape index (κ3) is 3.01. The first kappa shape index (κ1) is 15.0. The molecule has 0 saturated heterocycles. The van der Waals surface area contributed by atoms with Crippen molar-refractivity contribution in [1.82, 2.24) is 4.98 Å². The summed E-state index contributed by atoms with van der Waals surface area (Å²) < 4.78 is 0. The maximum absolute atomic E-state index is 11.3. The minimum atomic E-state index is -0.844. The fourth-order valence-electron chi connectivity index (χ4n) is 2.72. The van der Waals surface area contributed by atoms with Gasteiger partial charge in [0.25, 0.3) is 0 Å². The lowest BCUT2D eigenvalue weighted by Crippen LogP contribution is -2.09. The van der Waals surface area contributed by atoms with E-state index in [-0.39, 0.29) is 0 Å². The number of aromatic nitrogens is 1. The van der Waals surface area contributed by atoms with Crippen molar-refractivity contribution in [2.45, 2.75) is 19.3 Å². The second-order valence-corrected chi connectivity index (χ2v) is 5.68. The number of rotatable bonds is 4. The minimum absolute atomic E-state index is 0.585. The molecular weight excluding hydrogens is 288 g/mol. The predicted molar refractivity (Wildman–Crippen MR) is 91.5 cm³/mol. The van der Waals surface area contributed by atoms with E-state index in [0.29, 0.717) is 6.42 Å². The number of nitrogens with two attached hydrogens (primary N) is 1. The van der Waals surface area contributed by atoms with E-state index in [4.69, 9.17) is 5.73 Å². The Bertz CT molecular complexity index is 857. The van der Waals surface area contributed by atoms with E-state index in [2.05, 4.69) is 4.98 Å². The number of nitrogens with zero attached hydrogens (tertiary/aromatic N) is 1. The van der Waals surface area contributed by atoms with Crippen molar-refractivity contribution in [1.29, 1.82) is 0 Å². The van der Waals surface area contributed by atoms with Crippen molar-refractivity contribution in [3.63, 3.8) is 0 Å². The number of benzene rings is 2. The molecule has 0 radical (unpaired) electrons. The van der Waals surface area contributed by atoms with E-state index in [0.717, 1.165) is 33.3 Å². The molecule has 1 atom stereocenters. The summed E-state index contributed by atoms with van der Waals surface area (Å²) in [7, 11) is 0. The molecule has 0 aliphatic heterocycles. The number of fused-ring (bicyclic) bond motifs is 1. The highest BCUT2D eigenvalue weighted by Gasteiger charge is 2.18. The van der Waals surface area contributed by atoms with Crippen LogP contribution >= 0.6 is 0 Å². The molecule has 4 heteroatoms. The summed E-state index contributed by atoms with van der Waals surface area (Å²) in [6, 6.07) is 15.5. The highest BCUT2D eigenvalue weighted by atomic mass is 16.4. The van der Waals surface area contributed by atoms with Crippen molar-refractivity contribution in [3.8, 4) is 0 Å². The standard InChI is InChI=1S/C19H18N2O2/c1-12(19(22)23)17-11-21-18(16-5-3-2-4-15(16)17)10-13-6-8-14(20)9-7-13/h2-9,11-12H,10,20H2,1H3,(H,22,23). The Hall–Kier alpha value is -2.88.